The Kier molecular flexibility index (Phi) is 6.98. The van der Waals surface area contributed by atoms with Crippen LogP contribution in [0, 0.1) is 0 Å². The van der Waals surface area contributed by atoms with Gasteiger partial charge in [0, 0.05) is 0 Å². The van der Waals surface area contributed by atoms with Crippen LogP contribution in [0.1, 0.15) is 33.6 Å². The second-order valence-electron chi connectivity index (χ2n) is 3.30. The second-order valence-corrected chi connectivity index (χ2v) is 3.30. The van der Waals surface area contributed by atoms with Crippen molar-refractivity contribution in [1.29, 1.82) is 0 Å². The van der Waals surface area contributed by atoms with Crippen molar-refractivity contribution in [2.45, 2.75) is 33.6 Å². The molecule has 0 radical (unpaired) electrons. The van der Waals surface area contributed by atoms with E-state index in [1.54, 1.807) is 0 Å². The normalized spacial score (nSPS) is 10.8. The third-order valence-corrected chi connectivity index (χ3v) is 1.69. The zero-order valence-electron chi connectivity index (χ0n) is 8.67. The summed E-state index contributed by atoms with van der Waals surface area (Å²) in [5, 5.41) is 0. The minimum Gasteiger partial charge on any atom is -0.464 e. The van der Waals surface area contributed by atoms with Crippen molar-refractivity contribution in [3.63, 3.8) is 0 Å². The van der Waals surface area contributed by atoms with Crippen LogP contribution < -0.4 is 0 Å². The first-order valence-corrected chi connectivity index (χ1v) is 4.51. The van der Waals surface area contributed by atoms with Gasteiger partial charge in [-0.25, -0.2) is 0 Å². The summed E-state index contributed by atoms with van der Waals surface area (Å²) >= 11 is 0. The van der Waals surface area contributed by atoms with E-state index in [4.69, 9.17) is 0 Å². The largest absolute Gasteiger partial charge is 0.464 e. The standard InChI is InChI=1S/C11H18O2/c1-10(2)5-4-6-11(3)7-8-13-9-12/h5,7,9H,4,6,8H2,1-3H3/b11-7-. The Morgan fingerprint density at radius 1 is 1.23 bits per heavy atom. The van der Waals surface area contributed by atoms with E-state index in [9.17, 15) is 4.79 Å². The molecule has 0 N–H and O–H groups in total. The van der Waals surface area contributed by atoms with Crippen LogP contribution >= 0.6 is 0 Å². The predicted octanol–water partition coefficient (Wildman–Crippen LogP) is 2.85. The van der Waals surface area contributed by atoms with Gasteiger partial charge in [-0.2, -0.15) is 0 Å². The molecule has 0 aliphatic heterocycles. The predicted molar refractivity (Wildman–Crippen MR) is 54.4 cm³/mol. The maximum Gasteiger partial charge on any atom is 0.293 e. The summed E-state index contributed by atoms with van der Waals surface area (Å²) in [5.41, 5.74) is 2.61. The molecule has 2 nitrogen and oxygen atoms in total. The first kappa shape index (κ1) is 11.9. The van der Waals surface area contributed by atoms with Gasteiger partial charge in [0.05, 0.1) is 0 Å². The number of allylic oxidation sites excluding steroid dienone is 3. The molecule has 0 saturated heterocycles. The minimum absolute atomic E-state index is 0.393. The van der Waals surface area contributed by atoms with Gasteiger partial charge in [0.2, 0.25) is 0 Å². The number of ether oxygens (including phenoxy) is 1. The molecule has 0 spiro atoms. The van der Waals surface area contributed by atoms with Crippen LogP contribution in [0.15, 0.2) is 23.3 Å². The fourth-order valence-electron chi connectivity index (χ4n) is 0.920. The van der Waals surface area contributed by atoms with Gasteiger partial charge in [-0.15, -0.1) is 0 Å². The lowest BCUT2D eigenvalue weighted by Gasteiger charge is -1.98. The highest BCUT2D eigenvalue weighted by molar-refractivity contribution is 5.37. The Morgan fingerprint density at radius 3 is 2.46 bits per heavy atom. The highest BCUT2D eigenvalue weighted by atomic mass is 16.5. The summed E-state index contributed by atoms with van der Waals surface area (Å²) in [6, 6.07) is 0. The number of carbonyl (C=O) groups is 1. The molecule has 0 aliphatic carbocycles. The SMILES string of the molecule is CC(C)=CCC/C(C)=C\COC=O. The molecule has 2 heteroatoms. The second kappa shape index (κ2) is 7.59. The minimum atomic E-state index is 0.393. The van der Waals surface area contributed by atoms with Crippen LogP contribution in [0.5, 0.6) is 0 Å². The van der Waals surface area contributed by atoms with E-state index in [-0.39, 0.29) is 0 Å². The van der Waals surface area contributed by atoms with E-state index in [0.717, 1.165) is 12.8 Å². The number of hydrogen-bond donors (Lipinski definition) is 0. The van der Waals surface area contributed by atoms with Crippen LogP contribution in [-0.4, -0.2) is 13.1 Å². The van der Waals surface area contributed by atoms with Gasteiger partial charge in [-0.3, -0.25) is 4.79 Å². The van der Waals surface area contributed by atoms with Gasteiger partial charge in [0.15, 0.2) is 0 Å². The molecule has 0 aromatic rings. The Morgan fingerprint density at radius 2 is 1.92 bits per heavy atom. The molecule has 0 atom stereocenters. The van der Waals surface area contributed by atoms with Gasteiger partial charge in [0.25, 0.3) is 6.47 Å². The van der Waals surface area contributed by atoms with E-state index < -0.39 is 0 Å². The lowest BCUT2D eigenvalue weighted by molar-refractivity contribution is -0.127. The smallest absolute Gasteiger partial charge is 0.293 e. The zero-order chi connectivity index (χ0) is 10.1. The molecule has 74 valence electrons. The van der Waals surface area contributed by atoms with Crippen molar-refractivity contribution in [2.75, 3.05) is 6.61 Å². The number of rotatable bonds is 6. The molecule has 0 unspecified atom stereocenters. The molecular weight excluding hydrogens is 164 g/mol. The molecule has 0 saturated carbocycles. The Bertz CT molecular complexity index is 198. The topological polar surface area (TPSA) is 26.3 Å². The first-order valence-electron chi connectivity index (χ1n) is 4.51. The molecule has 0 aromatic carbocycles. The maximum absolute atomic E-state index is 9.83. The quantitative estimate of drug-likeness (QED) is 0.358. The third-order valence-electron chi connectivity index (χ3n) is 1.69. The molecule has 0 aliphatic rings. The summed E-state index contributed by atoms with van der Waals surface area (Å²) in [4.78, 5) is 9.83. The average molecular weight is 182 g/mol. The summed E-state index contributed by atoms with van der Waals surface area (Å²) in [6.07, 6.45) is 6.24. The van der Waals surface area contributed by atoms with Crippen LogP contribution in [0.4, 0.5) is 0 Å². The van der Waals surface area contributed by atoms with Crippen LogP contribution in [0.25, 0.3) is 0 Å². The molecular formula is C11H18O2. The van der Waals surface area contributed by atoms with Crippen molar-refractivity contribution >= 4 is 6.47 Å². The van der Waals surface area contributed by atoms with Crippen molar-refractivity contribution in [3.8, 4) is 0 Å². The summed E-state index contributed by atoms with van der Waals surface area (Å²) in [6.45, 7) is 7.10. The molecule has 0 aromatic heterocycles. The Balaban J connectivity index is 3.60. The zero-order valence-corrected chi connectivity index (χ0v) is 8.67. The molecule has 0 heterocycles. The average Bonchev–Trinajstić information content (AvgIpc) is 2.04. The van der Waals surface area contributed by atoms with E-state index >= 15 is 0 Å². The van der Waals surface area contributed by atoms with Crippen LogP contribution in [-0.2, 0) is 9.53 Å². The van der Waals surface area contributed by atoms with Gasteiger partial charge < -0.3 is 4.74 Å². The summed E-state index contributed by atoms with van der Waals surface area (Å²) in [5.74, 6) is 0. The lowest BCUT2D eigenvalue weighted by Crippen LogP contribution is -1.88. The highest BCUT2D eigenvalue weighted by Crippen LogP contribution is 2.05. The monoisotopic (exact) mass is 182 g/mol. The van der Waals surface area contributed by atoms with Crippen molar-refractivity contribution in [2.24, 2.45) is 0 Å². The third kappa shape index (κ3) is 8.86. The Labute approximate surface area is 80.3 Å². The molecule has 0 fully saturated rings. The number of hydrogen-bond acceptors (Lipinski definition) is 2. The van der Waals surface area contributed by atoms with Gasteiger partial charge >= 0.3 is 0 Å². The lowest BCUT2D eigenvalue weighted by atomic mass is 10.1. The van der Waals surface area contributed by atoms with E-state index in [1.165, 1.54) is 11.1 Å². The number of carbonyl (C=O) groups excluding carboxylic acids is 1. The van der Waals surface area contributed by atoms with Crippen molar-refractivity contribution in [1.82, 2.24) is 0 Å². The fourth-order valence-corrected chi connectivity index (χ4v) is 0.920. The molecule has 0 amide bonds. The molecule has 13 heavy (non-hydrogen) atoms. The Hall–Kier alpha value is -1.05. The van der Waals surface area contributed by atoms with E-state index in [0.29, 0.717) is 13.1 Å². The van der Waals surface area contributed by atoms with Crippen LogP contribution in [0.2, 0.25) is 0 Å². The van der Waals surface area contributed by atoms with Crippen molar-refractivity contribution in [3.05, 3.63) is 23.3 Å². The van der Waals surface area contributed by atoms with Crippen molar-refractivity contribution < 1.29 is 9.53 Å². The van der Waals surface area contributed by atoms with Gasteiger partial charge in [-0.1, -0.05) is 17.2 Å². The molecule has 0 rings (SSSR count). The fraction of sp³-hybridized carbons (Fsp3) is 0.545. The summed E-state index contributed by atoms with van der Waals surface area (Å²) < 4.78 is 4.56. The van der Waals surface area contributed by atoms with Gasteiger partial charge in [0.1, 0.15) is 6.61 Å². The van der Waals surface area contributed by atoms with Crippen LogP contribution in [0.3, 0.4) is 0 Å². The maximum atomic E-state index is 9.83. The van der Waals surface area contributed by atoms with E-state index in [2.05, 4.69) is 24.7 Å². The molecule has 0 bridgehead atoms. The summed E-state index contributed by atoms with van der Waals surface area (Å²) in [7, 11) is 0. The van der Waals surface area contributed by atoms with Gasteiger partial charge in [-0.05, 0) is 39.7 Å². The highest BCUT2D eigenvalue weighted by Gasteiger charge is 1.88. The van der Waals surface area contributed by atoms with E-state index in [1.807, 2.05) is 13.0 Å². The first-order chi connectivity index (χ1) is 6.16.